The topological polar surface area (TPSA) is 41.9 Å². The van der Waals surface area contributed by atoms with Crippen LogP contribution in [0.4, 0.5) is 5.69 Å². The molecule has 2 aromatic carbocycles. The average molecular weight is 375 g/mol. The summed E-state index contributed by atoms with van der Waals surface area (Å²) in [5.74, 6) is 1.78. The maximum atomic E-state index is 12.8. The maximum absolute atomic E-state index is 12.8. The molecule has 1 aliphatic heterocycles. The number of hydrogen-bond acceptors (Lipinski definition) is 5. The summed E-state index contributed by atoms with van der Waals surface area (Å²) < 4.78 is 5.15. The fourth-order valence-electron chi connectivity index (χ4n) is 2.51. The van der Waals surface area contributed by atoms with Gasteiger partial charge in [0.05, 0.1) is 13.7 Å². The molecule has 25 heavy (non-hydrogen) atoms. The third-order valence-corrected chi connectivity index (χ3v) is 5.22. The van der Waals surface area contributed by atoms with Crippen LogP contribution >= 0.6 is 23.4 Å². The second-order valence-electron chi connectivity index (χ2n) is 5.58. The molecule has 0 radical (unpaired) electrons. The van der Waals surface area contributed by atoms with Crippen LogP contribution in [-0.2, 0) is 0 Å². The van der Waals surface area contributed by atoms with E-state index < -0.39 is 0 Å². The molecule has 0 saturated carbocycles. The average Bonchev–Trinajstić information content (AvgIpc) is 2.67. The first-order valence-corrected chi connectivity index (χ1v) is 9.41. The van der Waals surface area contributed by atoms with Gasteiger partial charge in [0.1, 0.15) is 5.75 Å². The summed E-state index contributed by atoms with van der Waals surface area (Å²) in [7, 11) is 1.61. The number of aliphatic imine (C=N–C) groups is 1. The maximum Gasteiger partial charge on any atom is 0.182 e. The van der Waals surface area contributed by atoms with Crippen molar-refractivity contribution in [3.05, 3.63) is 59.1 Å². The number of ketones is 1. The van der Waals surface area contributed by atoms with Crippen molar-refractivity contribution in [2.24, 2.45) is 4.99 Å². The molecular weight excluding hydrogens is 356 g/mol. The third-order valence-electron chi connectivity index (χ3n) is 3.86. The molecule has 0 fully saturated rings. The van der Waals surface area contributed by atoms with Crippen LogP contribution in [0.2, 0.25) is 5.02 Å². The Hall–Kier alpha value is -1.98. The Bertz CT molecular complexity index is 760. The standard InChI is InChI=1S/C19H19ClN2O2S/c1-24-17-9-3-14(4-10-17)18(23)13-22(19-21-11-2-12-25-19)16-7-5-15(20)6-8-16/h3-10H,2,11-13H2,1H3. The van der Waals surface area contributed by atoms with E-state index in [1.807, 2.05) is 29.2 Å². The van der Waals surface area contributed by atoms with Gasteiger partial charge < -0.3 is 9.64 Å². The summed E-state index contributed by atoms with van der Waals surface area (Å²) in [4.78, 5) is 19.3. The molecule has 3 rings (SSSR count). The van der Waals surface area contributed by atoms with Crippen LogP contribution in [0.15, 0.2) is 53.5 Å². The van der Waals surface area contributed by atoms with Crippen molar-refractivity contribution in [3.8, 4) is 5.75 Å². The lowest BCUT2D eigenvalue weighted by Gasteiger charge is -2.27. The summed E-state index contributed by atoms with van der Waals surface area (Å²) in [6, 6.07) is 14.7. The van der Waals surface area contributed by atoms with E-state index in [0.717, 1.165) is 35.3 Å². The Morgan fingerprint density at radius 2 is 1.92 bits per heavy atom. The van der Waals surface area contributed by atoms with Gasteiger partial charge in [0, 0.05) is 28.6 Å². The lowest BCUT2D eigenvalue weighted by Crippen LogP contribution is -2.35. The monoisotopic (exact) mass is 374 g/mol. The SMILES string of the molecule is COc1ccc(C(=O)CN(C2=NCCCS2)c2ccc(Cl)cc2)cc1. The number of methoxy groups -OCH3 is 1. The van der Waals surface area contributed by atoms with Crippen molar-refractivity contribution in [1.29, 1.82) is 0 Å². The molecule has 130 valence electrons. The number of thioether (sulfide) groups is 1. The Kier molecular flexibility index (Phi) is 6.00. The van der Waals surface area contributed by atoms with Gasteiger partial charge in [-0.1, -0.05) is 23.4 Å². The van der Waals surface area contributed by atoms with Crippen molar-refractivity contribution >= 4 is 40.0 Å². The Morgan fingerprint density at radius 1 is 1.20 bits per heavy atom. The molecule has 1 aliphatic rings. The van der Waals surface area contributed by atoms with E-state index in [0.29, 0.717) is 10.6 Å². The molecule has 2 aromatic rings. The summed E-state index contributed by atoms with van der Waals surface area (Å²) in [5.41, 5.74) is 1.57. The number of ether oxygens (including phenoxy) is 1. The van der Waals surface area contributed by atoms with Gasteiger partial charge in [0.25, 0.3) is 0 Å². The molecule has 0 amide bonds. The van der Waals surface area contributed by atoms with Crippen LogP contribution in [-0.4, -0.2) is 36.9 Å². The summed E-state index contributed by atoms with van der Waals surface area (Å²) >= 11 is 7.68. The van der Waals surface area contributed by atoms with E-state index in [2.05, 4.69) is 4.99 Å². The molecule has 0 bridgehead atoms. The zero-order valence-electron chi connectivity index (χ0n) is 13.9. The second-order valence-corrected chi connectivity index (χ2v) is 7.08. The van der Waals surface area contributed by atoms with Crippen LogP contribution in [0.5, 0.6) is 5.75 Å². The first kappa shape index (κ1) is 17.8. The van der Waals surface area contributed by atoms with Gasteiger partial charge in [-0.25, -0.2) is 0 Å². The Labute approximate surface area is 156 Å². The first-order valence-electron chi connectivity index (χ1n) is 8.05. The van der Waals surface area contributed by atoms with E-state index in [1.54, 1.807) is 43.1 Å². The highest BCUT2D eigenvalue weighted by Crippen LogP contribution is 2.25. The molecule has 4 nitrogen and oxygen atoms in total. The molecule has 0 unspecified atom stereocenters. The minimum Gasteiger partial charge on any atom is -0.497 e. The Balaban J connectivity index is 1.84. The predicted octanol–water partition coefficient (Wildman–Crippen LogP) is 4.53. The molecule has 6 heteroatoms. The lowest BCUT2D eigenvalue weighted by atomic mass is 10.1. The van der Waals surface area contributed by atoms with Crippen LogP contribution < -0.4 is 9.64 Å². The highest BCUT2D eigenvalue weighted by Gasteiger charge is 2.20. The smallest absolute Gasteiger partial charge is 0.182 e. The number of carbonyl (C=O) groups excluding carboxylic acids is 1. The van der Waals surface area contributed by atoms with Crippen LogP contribution in [0.3, 0.4) is 0 Å². The largest absolute Gasteiger partial charge is 0.497 e. The molecule has 0 N–H and O–H groups in total. The minimum absolute atomic E-state index is 0.0338. The molecule has 0 atom stereocenters. The number of hydrogen-bond donors (Lipinski definition) is 0. The minimum atomic E-state index is 0.0338. The molecule has 0 aromatic heterocycles. The number of halogens is 1. The van der Waals surface area contributed by atoms with Crippen LogP contribution in [0.1, 0.15) is 16.8 Å². The highest BCUT2D eigenvalue weighted by molar-refractivity contribution is 8.14. The summed E-state index contributed by atoms with van der Waals surface area (Å²) in [6.07, 6.45) is 1.06. The number of rotatable bonds is 5. The molecule has 0 spiro atoms. The number of nitrogens with zero attached hydrogens (tertiary/aromatic N) is 2. The number of benzene rings is 2. The van der Waals surface area contributed by atoms with Gasteiger partial charge in [0.2, 0.25) is 0 Å². The van der Waals surface area contributed by atoms with Crippen LogP contribution in [0, 0.1) is 0 Å². The quantitative estimate of drug-likeness (QED) is 0.721. The van der Waals surface area contributed by atoms with Crippen molar-refractivity contribution < 1.29 is 9.53 Å². The number of amidine groups is 1. The number of Topliss-reactive ketones (excluding diaryl/α,β-unsaturated/α-hetero) is 1. The van der Waals surface area contributed by atoms with Gasteiger partial charge in [-0.15, -0.1) is 0 Å². The van der Waals surface area contributed by atoms with E-state index >= 15 is 0 Å². The zero-order chi connectivity index (χ0) is 17.6. The fourth-order valence-corrected chi connectivity index (χ4v) is 3.60. The molecule has 0 aliphatic carbocycles. The fraction of sp³-hybridized carbons (Fsp3) is 0.263. The van der Waals surface area contributed by atoms with E-state index in [4.69, 9.17) is 16.3 Å². The van der Waals surface area contributed by atoms with Crippen molar-refractivity contribution in [2.75, 3.05) is 30.9 Å². The lowest BCUT2D eigenvalue weighted by molar-refractivity contribution is 0.100. The van der Waals surface area contributed by atoms with Gasteiger partial charge in [-0.05, 0) is 55.0 Å². The van der Waals surface area contributed by atoms with Crippen molar-refractivity contribution in [2.45, 2.75) is 6.42 Å². The highest BCUT2D eigenvalue weighted by atomic mass is 35.5. The Morgan fingerprint density at radius 3 is 2.52 bits per heavy atom. The number of carbonyl (C=O) groups is 1. The summed E-state index contributed by atoms with van der Waals surface area (Å²) in [5, 5.41) is 1.55. The zero-order valence-corrected chi connectivity index (χ0v) is 15.5. The summed E-state index contributed by atoms with van der Waals surface area (Å²) in [6.45, 7) is 1.03. The number of anilines is 1. The van der Waals surface area contributed by atoms with Crippen molar-refractivity contribution in [3.63, 3.8) is 0 Å². The van der Waals surface area contributed by atoms with Gasteiger partial charge >= 0.3 is 0 Å². The van der Waals surface area contributed by atoms with E-state index in [9.17, 15) is 4.79 Å². The van der Waals surface area contributed by atoms with E-state index in [-0.39, 0.29) is 12.3 Å². The molecule has 1 heterocycles. The van der Waals surface area contributed by atoms with Gasteiger partial charge in [-0.2, -0.15) is 0 Å². The predicted molar refractivity (Wildman–Crippen MR) is 105 cm³/mol. The third kappa shape index (κ3) is 4.55. The van der Waals surface area contributed by atoms with Gasteiger partial charge in [0.15, 0.2) is 11.0 Å². The molecule has 0 saturated heterocycles. The first-order chi connectivity index (χ1) is 12.2. The van der Waals surface area contributed by atoms with Crippen molar-refractivity contribution in [1.82, 2.24) is 0 Å². The van der Waals surface area contributed by atoms with E-state index in [1.165, 1.54) is 0 Å². The normalized spacial score (nSPS) is 13.9. The second kappa shape index (κ2) is 8.41. The van der Waals surface area contributed by atoms with Crippen LogP contribution in [0.25, 0.3) is 0 Å². The van der Waals surface area contributed by atoms with Gasteiger partial charge in [-0.3, -0.25) is 9.79 Å². The molecular formula is C19H19ClN2O2S.